The summed E-state index contributed by atoms with van der Waals surface area (Å²) in [5.41, 5.74) is 0. The van der Waals surface area contributed by atoms with Gasteiger partial charge in [0.2, 0.25) is 0 Å². The van der Waals surface area contributed by atoms with E-state index in [-0.39, 0.29) is 32.8 Å². The minimum Gasteiger partial charge on any atom is -0.426 e. The quantitative estimate of drug-likeness (QED) is 0.123. The third kappa shape index (κ3) is 5.95. The zero-order chi connectivity index (χ0) is 32.0. The van der Waals surface area contributed by atoms with Crippen LogP contribution in [0.25, 0.3) is 0 Å². The molecule has 0 radical (unpaired) electrons. The van der Waals surface area contributed by atoms with E-state index in [1.807, 2.05) is 0 Å². The highest BCUT2D eigenvalue weighted by atomic mass is 32.3. The second-order valence-electron chi connectivity index (χ2n) is 10.9. The number of ether oxygens (including phenoxy) is 1. The summed E-state index contributed by atoms with van der Waals surface area (Å²) in [4.78, 5) is 11.7. The Morgan fingerprint density at radius 1 is 0.727 bits per heavy atom. The number of halogens is 7. The molecule has 0 spiro atoms. The predicted octanol–water partition coefficient (Wildman–Crippen LogP) is 8.75. The monoisotopic (exact) mass is 664 g/mol. The molecule has 0 aromatic heterocycles. The molecule has 2 saturated carbocycles. The number of fused-ring (bicyclic) bond motifs is 2. The first kappa shape index (κ1) is 32.3. The Bertz CT molecular complexity index is 1540. The maximum Gasteiger partial charge on any atom is 0.432 e. The molecule has 238 valence electrons. The van der Waals surface area contributed by atoms with Crippen molar-refractivity contribution in [2.24, 2.45) is 17.8 Å². The van der Waals surface area contributed by atoms with Crippen LogP contribution in [0.3, 0.4) is 0 Å². The average molecular weight is 665 g/mol. The molecule has 3 unspecified atom stereocenters. The van der Waals surface area contributed by atoms with E-state index in [4.69, 9.17) is 8.37 Å². The lowest BCUT2D eigenvalue weighted by atomic mass is 9.84. The van der Waals surface area contributed by atoms with Crippen LogP contribution in [0, 0.1) is 17.8 Å². The highest BCUT2D eigenvalue weighted by Crippen LogP contribution is 2.71. The molecule has 3 aromatic rings. The van der Waals surface area contributed by atoms with Gasteiger partial charge >= 0.3 is 33.4 Å². The molecule has 0 heterocycles. The lowest BCUT2D eigenvalue weighted by molar-refractivity contribution is -0.202. The van der Waals surface area contributed by atoms with E-state index in [1.165, 1.54) is 48.5 Å². The predicted molar refractivity (Wildman–Crippen MR) is 147 cm³/mol. The van der Waals surface area contributed by atoms with Gasteiger partial charge in [0.25, 0.3) is 0 Å². The van der Waals surface area contributed by atoms with Gasteiger partial charge in [-0.2, -0.15) is 39.2 Å². The fourth-order valence-corrected chi connectivity index (χ4v) is 11.3. The van der Waals surface area contributed by atoms with Gasteiger partial charge in [-0.15, -0.1) is 0 Å². The van der Waals surface area contributed by atoms with E-state index in [1.54, 1.807) is 12.1 Å². The van der Waals surface area contributed by atoms with Gasteiger partial charge < -0.3 is 4.74 Å². The first-order valence-electron chi connectivity index (χ1n) is 13.6. The summed E-state index contributed by atoms with van der Waals surface area (Å²) in [5.74, 6) is -9.63. The molecule has 2 aliphatic rings. The van der Waals surface area contributed by atoms with Crippen molar-refractivity contribution in [2.45, 2.75) is 64.1 Å². The van der Waals surface area contributed by atoms with Crippen molar-refractivity contribution in [2.75, 3.05) is 0 Å². The van der Waals surface area contributed by atoms with Crippen LogP contribution in [0.2, 0.25) is 0 Å². The van der Waals surface area contributed by atoms with Crippen LogP contribution in [0.1, 0.15) is 32.1 Å². The van der Waals surface area contributed by atoms with Crippen molar-refractivity contribution >= 4 is 26.4 Å². The van der Waals surface area contributed by atoms with Gasteiger partial charge in [0.15, 0.2) is 0 Å². The van der Waals surface area contributed by atoms with E-state index in [9.17, 15) is 26.4 Å². The van der Waals surface area contributed by atoms with Crippen LogP contribution in [0.5, 0.6) is 5.75 Å². The van der Waals surface area contributed by atoms with Gasteiger partial charge in [0, 0.05) is 20.6 Å². The van der Waals surface area contributed by atoms with Crippen molar-refractivity contribution in [3.8, 4) is 5.75 Å². The number of carbonyl (C=O) groups is 1. The fraction of sp³-hybridized carbons (Fsp3) is 0.367. The van der Waals surface area contributed by atoms with Crippen LogP contribution >= 0.6 is 10.3 Å². The Labute approximate surface area is 251 Å². The third-order valence-electron chi connectivity index (χ3n) is 7.98. The summed E-state index contributed by atoms with van der Waals surface area (Å²) >= 11 is 0. The zero-order valence-electron chi connectivity index (χ0n) is 22.9. The van der Waals surface area contributed by atoms with Crippen molar-refractivity contribution in [3.63, 3.8) is 0 Å². The molecule has 14 heteroatoms. The first-order chi connectivity index (χ1) is 20.6. The van der Waals surface area contributed by atoms with Crippen molar-refractivity contribution in [3.05, 3.63) is 84.9 Å². The van der Waals surface area contributed by atoms with Gasteiger partial charge in [-0.05, 0) is 89.9 Å². The number of alkyl halides is 7. The molecule has 3 aromatic carbocycles. The molecular weight excluding hydrogens is 637 g/mol. The lowest BCUT2D eigenvalue weighted by Gasteiger charge is -2.41. The van der Waals surface area contributed by atoms with E-state index in [0.717, 1.165) is 24.3 Å². The Morgan fingerprint density at radius 3 is 1.70 bits per heavy atom. The van der Waals surface area contributed by atoms with Gasteiger partial charge in [-0.1, -0.05) is 42.8 Å². The molecule has 0 saturated heterocycles. The summed E-state index contributed by atoms with van der Waals surface area (Å²) in [6, 6.07) is 18.9. The summed E-state index contributed by atoms with van der Waals surface area (Å²) in [5, 5.41) is -5.61. The maximum atomic E-state index is 15.8. The molecule has 5 nitrogen and oxygen atoms in total. The van der Waals surface area contributed by atoms with Crippen LogP contribution in [0.4, 0.5) is 30.7 Å². The molecule has 5 rings (SSSR count). The average Bonchev–Trinajstić information content (AvgIpc) is 3.61. The normalized spacial score (nSPS) is 21.3. The smallest absolute Gasteiger partial charge is 0.426 e. The zero-order valence-corrected chi connectivity index (χ0v) is 24.5. The first-order valence-corrected chi connectivity index (χ1v) is 16.6. The van der Waals surface area contributed by atoms with Gasteiger partial charge in [-0.25, -0.2) is 3.63 Å². The molecule has 2 fully saturated rings. The number of benzene rings is 3. The molecule has 2 bridgehead atoms. The standard InChI is InChI=1S/C30H27F7O5S2/c31-28(32,33)19-27(38)41-22-13-15-25(16-14-22)43(23-7-3-1-4-8-23,24-9-5-2-6-10-24)42-44(39,40)30(36,37)29(34,35)26-18-20-11-12-21(26)17-20/h1-10,13-16,20-21,26H,11-12,17-19H2. The largest absolute Gasteiger partial charge is 0.432 e. The van der Waals surface area contributed by atoms with Crippen molar-refractivity contribution in [1.29, 1.82) is 0 Å². The summed E-state index contributed by atoms with van der Waals surface area (Å²) in [6.07, 6.45) is -5.64. The summed E-state index contributed by atoms with van der Waals surface area (Å²) < 4.78 is 138. The fourth-order valence-electron chi connectivity index (χ4n) is 6.03. The van der Waals surface area contributed by atoms with Gasteiger partial charge in [-0.3, -0.25) is 4.79 Å². The van der Waals surface area contributed by atoms with E-state index < -0.39 is 62.0 Å². The second kappa shape index (κ2) is 11.7. The topological polar surface area (TPSA) is 69.7 Å². The molecule has 44 heavy (non-hydrogen) atoms. The number of hydrogen-bond acceptors (Lipinski definition) is 5. The van der Waals surface area contributed by atoms with E-state index in [0.29, 0.717) is 19.3 Å². The number of rotatable bonds is 10. The van der Waals surface area contributed by atoms with Crippen LogP contribution in [-0.2, 0) is 18.5 Å². The lowest BCUT2D eigenvalue weighted by Crippen LogP contribution is -2.53. The van der Waals surface area contributed by atoms with Gasteiger partial charge in [0.05, 0.1) is 0 Å². The van der Waals surface area contributed by atoms with E-state index >= 15 is 17.6 Å². The van der Waals surface area contributed by atoms with Crippen molar-refractivity contribution < 1.29 is 52.3 Å². The Balaban J connectivity index is 1.60. The second-order valence-corrected chi connectivity index (χ2v) is 15.4. The summed E-state index contributed by atoms with van der Waals surface area (Å²) in [6.45, 7) is 0. The van der Waals surface area contributed by atoms with E-state index in [2.05, 4.69) is 0 Å². The van der Waals surface area contributed by atoms with Crippen LogP contribution < -0.4 is 4.74 Å². The Morgan fingerprint density at radius 2 is 1.25 bits per heavy atom. The number of esters is 1. The summed E-state index contributed by atoms with van der Waals surface area (Å²) in [7, 11) is -10.1. The molecule has 2 aliphatic carbocycles. The molecule has 0 N–H and O–H groups in total. The molecule has 0 aliphatic heterocycles. The Kier molecular flexibility index (Phi) is 8.57. The molecule has 3 atom stereocenters. The highest BCUT2D eigenvalue weighted by Gasteiger charge is 2.73. The van der Waals surface area contributed by atoms with Crippen LogP contribution in [-0.4, -0.2) is 31.7 Å². The number of carbonyl (C=O) groups excluding carboxylic acids is 1. The van der Waals surface area contributed by atoms with Crippen molar-refractivity contribution in [1.82, 2.24) is 0 Å². The molecular formula is C30H27F7O5S2. The third-order valence-corrected chi connectivity index (χ3v) is 13.2. The molecule has 0 amide bonds. The highest BCUT2D eigenvalue weighted by molar-refractivity contribution is 8.33. The minimum atomic E-state index is -6.38. The Hall–Kier alpha value is -3.10. The van der Waals surface area contributed by atoms with Crippen LogP contribution in [0.15, 0.2) is 99.6 Å². The SMILES string of the molecule is O=C(CC(F)(F)F)Oc1ccc(S(OS(=O)(=O)C(F)(F)C(F)(F)C2CC3CCC2C3)(c2ccccc2)c2ccccc2)cc1. The van der Waals surface area contributed by atoms with Gasteiger partial charge in [0.1, 0.15) is 12.2 Å². The number of hydrogen-bond donors (Lipinski definition) is 0. The maximum absolute atomic E-state index is 15.8. The minimum absolute atomic E-state index is 0.0515.